The molecule has 0 atom stereocenters. The topological polar surface area (TPSA) is 35.9 Å². The summed E-state index contributed by atoms with van der Waals surface area (Å²) >= 11 is 0. The first-order chi connectivity index (χ1) is 37.6. The Morgan fingerprint density at radius 1 is 0.662 bits per heavy atom. The van der Waals surface area contributed by atoms with E-state index in [2.05, 4.69) is 57.4 Å². The van der Waals surface area contributed by atoms with Crippen LogP contribution in [0.15, 0.2) is 194 Å². The third-order valence-corrected chi connectivity index (χ3v) is 11.7. The van der Waals surface area contributed by atoms with Gasteiger partial charge < -0.3 is 13.9 Å². The smallest absolute Gasteiger partial charge is 0.268 e. The maximum absolute atomic E-state index is 9.38. The number of pyridine rings is 1. The summed E-state index contributed by atoms with van der Waals surface area (Å²) in [5.41, 5.74) is 6.18. The second kappa shape index (κ2) is 18.4. The second-order valence-electron chi connectivity index (χ2n) is 17.6. The SMILES string of the molecule is [2H]c1c([2H])c([2H])c(-c2cccc(-c3c([2H])c([2H])c([2H])c([2H])c3[2H])c2-[n+]2[c-]n(-c3[c-]c(Oc4[c-]c5c(cc4)c4cc(C(C)(C)C)ccc4n5-c4cc(C([2H])([2H])C(C)C)c(-c5ccccc5)cn4)ccc3)c3ccccc32)c([2H])c1[2H].[Pt]. The molecule has 0 aliphatic heterocycles. The number of aromatic nitrogens is 4. The number of ether oxygens (including phenoxy) is 1. The molecule has 6 heteroatoms. The minimum Gasteiger partial charge on any atom is -0.510 e. The number of para-hydroxylation sites is 3. The van der Waals surface area contributed by atoms with Crippen LogP contribution in [0.25, 0.3) is 83.4 Å². The number of benzene rings is 8. The van der Waals surface area contributed by atoms with Crippen molar-refractivity contribution in [3.63, 3.8) is 0 Å². The normalized spacial score (nSPS) is 14.4. The van der Waals surface area contributed by atoms with E-state index in [1.165, 1.54) is 0 Å². The van der Waals surface area contributed by atoms with E-state index in [0.29, 0.717) is 50.7 Å². The molecular weight excluding hydrogens is 1010 g/mol. The van der Waals surface area contributed by atoms with Crippen LogP contribution in [0, 0.1) is 24.4 Å². The van der Waals surface area contributed by atoms with Crippen molar-refractivity contribution < 1.29 is 46.8 Å². The number of hydrogen-bond acceptors (Lipinski definition) is 2. The molecule has 11 aromatic rings. The number of rotatable bonds is 10. The van der Waals surface area contributed by atoms with Crippen molar-refractivity contribution >= 4 is 32.8 Å². The molecule has 0 amide bonds. The van der Waals surface area contributed by atoms with Gasteiger partial charge in [0.25, 0.3) is 6.33 Å². The van der Waals surface area contributed by atoms with E-state index in [1.807, 2.05) is 79.1 Å². The van der Waals surface area contributed by atoms with Crippen LogP contribution in [-0.4, -0.2) is 14.1 Å². The van der Waals surface area contributed by atoms with Gasteiger partial charge in [0.2, 0.25) is 0 Å². The molecule has 336 valence electrons. The Bertz CT molecular complexity index is 4160. The second-order valence-corrected chi connectivity index (χ2v) is 17.6. The number of hydrogen-bond donors (Lipinski definition) is 0. The van der Waals surface area contributed by atoms with Crippen LogP contribution in [0.4, 0.5) is 0 Å². The largest absolute Gasteiger partial charge is 0.510 e. The van der Waals surface area contributed by atoms with Gasteiger partial charge in [-0.2, -0.15) is 18.2 Å². The van der Waals surface area contributed by atoms with Crippen molar-refractivity contribution in [2.75, 3.05) is 0 Å². The van der Waals surface area contributed by atoms with Gasteiger partial charge in [0.1, 0.15) is 5.82 Å². The van der Waals surface area contributed by atoms with E-state index in [9.17, 15) is 2.74 Å². The molecule has 0 spiro atoms. The quantitative estimate of drug-likeness (QED) is 0.101. The van der Waals surface area contributed by atoms with Gasteiger partial charge in [-0.05, 0) is 79.9 Å². The minimum atomic E-state index is -1.72. The molecule has 68 heavy (non-hydrogen) atoms. The molecule has 0 aliphatic carbocycles. The Labute approximate surface area is 430 Å². The summed E-state index contributed by atoms with van der Waals surface area (Å²) in [6, 6.07) is 40.6. The van der Waals surface area contributed by atoms with Crippen LogP contribution in [0.5, 0.6) is 11.5 Å². The van der Waals surface area contributed by atoms with Crippen LogP contribution in [0.2, 0.25) is 0 Å². The number of fused-ring (bicyclic) bond motifs is 4. The molecule has 0 unspecified atom stereocenters. The maximum atomic E-state index is 9.38. The zero-order valence-electron chi connectivity index (χ0n) is 49.8. The van der Waals surface area contributed by atoms with Gasteiger partial charge in [0.15, 0.2) is 0 Å². The van der Waals surface area contributed by atoms with Crippen molar-refractivity contribution in [3.8, 4) is 62.1 Å². The van der Waals surface area contributed by atoms with Gasteiger partial charge in [0.05, 0.1) is 30.4 Å². The molecule has 0 radical (unpaired) electrons. The predicted molar refractivity (Wildman–Crippen MR) is 274 cm³/mol. The Kier molecular flexibility index (Phi) is 8.76. The van der Waals surface area contributed by atoms with E-state index >= 15 is 0 Å². The molecule has 0 saturated carbocycles. The fraction of sp³-hybridized carbons (Fsp3) is 0.129. The van der Waals surface area contributed by atoms with Crippen molar-refractivity contribution in [2.24, 2.45) is 5.92 Å². The van der Waals surface area contributed by atoms with Gasteiger partial charge in [-0.3, -0.25) is 4.57 Å². The Morgan fingerprint density at radius 2 is 1.34 bits per heavy atom. The summed E-state index contributed by atoms with van der Waals surface area (Å²) in [6.45, 7) is 10.2. The molecule has 8 aromatic carbocycles. The summed E-state index contributed by atoms with van der Waals surface area (Å²) in [6.07, 6.45) is 3.43. The van der Waals surface area contributed by atoms with Crippen LogP contribution in [0.3, 0.4) is 0 Å². The number of nitrogens with zero attached hydrogens (tertiary/aromatic N) is 4. The molecule has 0 saturated heterocycles. The van der Waals surface area contributed by atoms with Crippen LogP contribution < -0.4 is 9.30 Å². The first-order valence-corrected chi connectivity index (χ1v) is 22.1. The van der Waals surface area contributed by atoms with E-state index in [0.717, 1.165) is 27.4 Å². The van der Waals surface area contributed by atoms with Gasteiger partial charge in [-0.15, -0.1) is 29.7 Å². The van der Waals surface area contributed by atoms with Gasteiger partial charge >= 0.3 is 0 Å². The molecule has 5 nitrogen and oxygen atoms in total. The third kappa shape index (κ3) is 8.37. The van der Waals surface area contributed by atoms with Crippen LogP contribution in [0.1, 0.15) is 62.2 Å². The van der Waals surface area contributed by atoms with Crippen molar-refractivity contribution in [2.45, 2.75) is 46.4 Å². The van der Waals surface area contributed by atoms with Gasteiger partial charge in [0, 0.05) is 52.6 Å². The monoisotopic (exact) mass is 1070 g/mol. The van der Waals surface area contributed by atoms with Gasteiger partial charge in [-0.25, -0.2) is 4.98 Å². The molecule has 0 fully saturated rings. The zero-order valence-corrected chi connectivity index (χ0v) is 40.1. The summed E-state index contributed by atoms with van der Waals surface area (Å²) in [5.74, 6) is 0.813. The fourth-order valence-corrected chi connectivity index (χ4v) is 8.64. The molecule has 3 aromatic heterocycles. The van der Waals surface area contributed by atoms with Crippen LogP contribution >= 0.6 is 0 Å². The predicted octanol–water partition coefficient (Wildman–Crippen LogP) is 15.1. The van der Waals surface area contributed by atoms with E-state index in [1.54, 1.807) is 63.9 Å². The first-order valence-electron chi connectivity index (χ1n) is 28.1. The molecular formula is C62H50N4OPt-2. The Balaban J connectivity index is 0.00000720. The Hall–Kier alpha value is -7.33. The van der Waals surface area contributed by atoms with Crippen molar-refractivity contribution in [1.82, 2.24) is 14.1 Å². The molecule has 3 heterocycles. The summed E-state index contributed by atoms with van der Waals surface area (Å²) in [5, 5.41) is 1.85. The molecule has 0 N–H and O–H groups in total. The minimum absolute atomic E-state index is 0. The first kappa shape index (κ1) is 32.4. The molecule has 0 aliphatic rings. The average Bonchev–Trinajstić information content (AvgIpc) is 3.99. The maximum Gasteiger partial charge on any atom is 0.268 e. The van der Waals surface area contributed by atoms with Gasteiger partial charge in [-0.1, -0.05) is 185 Å². The van der Waals surface area contributed by atoms with Crippen molar-refractivity contribution in [3.05, 3.63) is 224 Å². The fourth-order valence-electron chi connectivity index (χ4n) is 8.64. The van der Waals surface area contributed by atoms with E-state index in [4.69, 9.17) is 23.4 Å². The van der Waals surface area contributed by atoms with Crippen molar-refractivity contribution in [1.29, 1.82) is 0 Å². The summed E-state index contributed by atoms with van der Waals surface area (Å²) < 4.78 is 118. The molecule has 11 rings (SSSR count). The van der Waals surface area contributed by atoms with E-state index < -0.39 is 66.8 Å². The average molecular weight is 1070 g/mol. The van der Waals surface area contributed by atoms with Crippen LogP contribution in [-0.2, 0) is 32.9 Å². The van der Waals surface area contributed by atoms with E-state index in [-0.39, 0.29) is 60.3 Å². The third-order valence-electron chi connectivity index (χ3n) is 11.7. The standard InChI is InChI=1S/C62H50N4O.Pt/c1-42(2)35-46-36-60(63-40-55(46)45-23-13-8-14-24-45)66-56-34-31-47(62(3,4)5)37-54(56)53-33-32-50(39-59(53)66)67-49-26-17-25-48(38-49)64-41-65(58-30-16-15-29-57(58)64)61-51(43-19-9-6-10-20-43)27-18-28-52(61)44-21-11-7-12-22-44;/h6-34,36-37,40,42H,35H2,1-5H3;/q-2;/i6D,7D,9D,10D,11D,12D,19D,20D,21D,22D,35D2;. The summed E-state index contributed by atoms with van der Waals surface area (Å²) in [4.78, 5) is 5.03. The summed E-state index contributed by atoms with van der Waals surface area (Å²) in [7, 11) is 0. The number of imidazole rings is 1. The Morgan fingerprint density at radius 3 is 2.04 bits per heavy atom. The zero-order chi connectivity index (χ0) is 56.1. The molecule has 0 bridgehead atoms.